The molecule has 0 fully saturated rings. The maximum atomic E-state index is 12.3. The molecule has 0 aliphatic carbocycles. The first-order valence-corrected chi connectivity index (χ1v) is 8.08. The molecule has 0 spiro atoms. The van der Waals surface area contributed by atoms with Crippen LogP contribution >= 0.6 is 0 Å². The van der Waals surface area contributed by atoms with Crippen LogP contribution < -0.4 is 10.1 Å². The zero-order valence-corrected chi connectivity index (χ0v) is 14.3. The Bertz CT molecular complexity index is 672. The molecule has 0 aliphatic rings. The largest absolute Gasteiger partial charge is 0.496 e. The molecule has 0 bridgehead atoms. The number of aliphatic hydroxyl groups excluding tert-OH is 1. The monoisotopic (exact) mass is 328 g/mol. The molecule has 0 aliphatic heterocycles. The van der Waals surface area contributed by atoms with Gasteiger partial charge in [0.25, 0.3) is 5.91 Å². The zero-order valence-electron chi connectivity index (χ0n) is 14.3. The molecule has 24 heavy (non-hydrogen) atoms. The summed E-state index contributed by atoms with van der Waals surface area (Å²) in [6.07, 6.45) is 1.83. The van der Waals surface area contributed by atoms with E-state index in [2.05, 4.69) is 10.3 Å². The second-order valence-electron chi connectivity index (χ2n) is 5.99. The van der Waals surface area contributed by atoms with E-state index in [-0.39, 0.29) is 11.8 Å². The Hall–Kier alpha value is -2.40. The third-order valence-corrected chi connectivity index (χ3v) is 3.90. The molecule has 2 rings (SSSR count). The lowest BCUT2D eigenvalue weighted by atomic mass is 10.0. The van der Waals surface area contributed by atoms with Crippen LogP contribution in [0, 0.1) is 5.92 Å². The lowest BCUT2D eigenvalue weighted by Gasteiger charge is -2.15. The van der Waals surface area contributed by atoms with Gasteiger partial charge in [-0.25, -0.2) is 0 Å². The molecular weight excluding hydrogens is 304 g/mol. The third-order valence-electron chi connectivity index (χ3n) is 3.90. The molecule has 1 atom stereocenters. The molecule has 1 amide bonds. The summed E-state index contributed by atoms with van der Waals surface area (Å²) in [6, 6.07) is 10.9. The Morgan fingerprint density at radius 2 is 2.08 bits per heavy atom. The topological polar surface area (TPSA) is 71.5 Å². The van der Waals surface area contributed by atoms with E-state index in [1.165, 1.54) is 0 Å². The van der Waals surface area contributed by atoms with E-state index in [0.29, 0.717) is 24.3 Å². The van der Waals surface area contributed by atoms with Gasteiger partial charge in [-0.05, 0) is 42.7 Å². The smallest absolute Gasteiger partial charge is 0.251 e. The van der Waals surface area contributed by atoms with Crippen LogP contribution in [0.15, 0.2) is 42.6 Å². The van der Waals surface area contributed by atoms with Crippen LogP contribution in [0.4, 0.5) is 0 Å². The number of methoxy groups -OCH3 is 1. The van der Waals surface area contributed by atoms with Gasteiger partial charge in [-0.15, -0.1) is 0 Å². The van der Waals surface area contributed by atoms with Gasteiger partial charge in [-0.2, -0.15) is 0 Å². The van der Waals surface area contributed by atoms with Crippen LogP contribution in [-0.2, 0) is 0 Å². The number of aromatic nitrogens is 1. The van der Waals surface area contributed by atoms with Gasteiger partial charge in [0.05, 0.1) is 18.9 Å². The van der Waals surface area contributed by atoms with Crippen LogP contribution in [0.5, 0.6) is 5.75 Å². The average molecular weight is 328 g/mol. The van der Waals surface area contributed by atoms with Crippen molar-refractivity contribution in [1.82, 2.24) is 10.3 Å². The van der Waals surface area contributed by atoms with E-state index in [1.54, 1.807) is 31.5 Å². The van der Waals surface area contributed by atoms with Crippen molar-refractivity contribution in [3.05, 3.63) is 48.2 Å². The minimum absolute atomic E-state index is 0.175. The van der Waals surface area contributed by atoms with Gasteiger partial charge in [0.1, 0.15) is 5.75 Å². The van der Waals surface area contributed by atoms with Crippen molar-refractivity contribution in [2.45, 2.75) is 26.4 Å². The van der Waals surface area contributed by atoms with E-state index >= 15 is 0 Å². The van der Waals surface area contributed by atoms with Gasteiger partial charge in [0, 0.05) is 23.9 Å². The number of amides is 1. The molecule has 5 heteroatoms. The standard InChI is InChI=1S/C19H24N2O3/c1-13(2)17(22)9-11-21-19(23)14-7-8-18(24-3)15(12-14)16-6-4-5-10-20-16/h4-8,10,12-13,17,22H,9,11H2,1-3H3,(H,21,23). The predicted octanol–water partition coefficient (Wildman–Crippen LogP) is 2.89. The van der Waals surface area contributed by atoms with Crippen molar-refractivity contribution in [1.29, 1.82) is 0 Å². The van der Waals surface area contributed by atoms with Gasteiger partial charge in [0.15, 0.2) is 0 Å². The Kier molecular flexibility index (Phi) is 6.32. The molecule has 2 N–H and O–H groups in total. The first kappa shape index (κ1) is 17.9. The summed E-state index contributed by atoms with van der Waals surface area (Å²) in [5.41, 5.74) is 2.06. The van der Waals surface area contributed by atoms with Crippen LogP contribution in [0.25, 0.3) is 11.3 Å². The number of pyridine rings is 1. The lowest BCUT2D eigenvalue weighted by molar-refractivity contribution is 0.0920. The van der Waals surface area contributed by atoms with E-state index < -0.39 is 6.10 Å². The van der Waals surface area contributed by atoms with E-state index in [4.69, 9.17) is 4.74 Å². The number of carbonyl (C=O) groups excluding carboxylic acids is 1. The molecule has 2 aromatic rings. The highest BCUT2D eigenvalue weighted by Gasteiger charge is 2.13. The highest BCUT2D eigenvalue weighted by atomic mass is 16.5. The molecule has 1 unspecified atom stereocenters. The minimum Gasteiger partial charge on any atom is -0.496 e. The molecule has 0 saturated carbocycles. The number of hydrogen-bond acceptors (Lipinski definition) is 4. The minimum atomic E-state index is -0.412. The van der Waals surface area contributed by atoms with Gasteiger partial charge >= 0.3 is 0 Å². The average Bonchev–Trinajstić information content (AvgIpc) is 2.61. The first-order valence-electron chi connectivity index (χ1n) is 8.08. The summed E-state index contributed by atoms with van der Waals surface area (Å²) in [6.45, 7) is 4.34. The molecular formula is C19H24N2O3. The summed E-state index contributed by atoms with van der Waals surface area (Å²) < 4.78 is 5.37. The number of hydrogen-bond donors (Lipinski definition) is 2. The molecule has 1 aromatic heterocycles. The molecule has 5 nitrogen and oxygen atoms in total. The van der Waals surface area contributed by atoms with Crippen molar-refractivity contribution >= 4 is 5.91 Å². The number of nitrogens with one attached hydrogen (secondary N) is 1. The Labute approximate surface area is 142 Å². The maximum Gasteiger partial charge on any atom is 0.251 e. The Morgan fingerprint density at radius 1 is 1.29 bits per heavy atom. The lowest BCUT2D eigenvalue weighted by Crippen LogP contribution is -2.28. The van der Waals surface area contributed by atoms with Crippen LogP contribution in [0.2, 0.25) is 0 Å². The quantitative estimate of drug-likeness (QED) is 0.820. The molecule has 0 saturated heterocycles. The molecule has 1 aromatic carbocycles. The Morgan fingerprint density at radius 3 is 2.71 bits per heavy atom. The third kappa shape index (κ3) is 4.55. The second-order valence-corrected chi connectivity index (χ2v) is 5.99. The summed E-state index contributed by atoms with van der Waals surface area (Å²) in [5.74, 6) is 0.671. The maximum absolute atomic E-state index is 12.3. The number of ether oxygens (including phenoxy) is 1. The van der Waals surface area contributed by atoms with Gasteiger partial charge < -0.3 is 15.2 Å². The van der Waals surface area contributed by atoms with Crippen molar-refractivity contribution in [3.8, 4) is 17.0 Å². The van der Waals surface area contributed by atoms with Crippen LogP contribution in [-0.4, -0.2) is 35.8 Å². The summed E-state index contributed by atoms with van der Waals surface area (Å²) in [4.78, 5) is 16.6. The Balaban J connectivity index is 2.12. The molecule has 128 valence electrons. The van der Waals surface area contributed by atoms with Crippen LogP contribution in [0.1, 0.15) is 30.6 Å². The second kappa shape index (κ2) is 8.45. The fourth-order valence-corrected chi connectivity index (χ4v) is 2.34. The molecule has 0 radical (unpaired) electrons. The van der Waals surface area contributed by atoms with Gasteiger partial charge in [0.2, 0.25) is 0 Å². The summed E-state index contributed by atoms with van der Waals surface area (Å²) in [5, 5.41) is 12.6. The van der Waals surface area contributed by atoms with E-state index in [1.807, 2.05) is 32.0 Å². The van der Waals surface area contributed by atoms with E-state index in [0.717, 1.165) is 11.3 Å². The van der Waals surface area contributed by atoms with Gasteiger partial charge in [-0.3, -0.25) is 9.78 Å². The predicted molar refractivity (Wildman–Crippen MR) is 94.0 cm³/mol. The normalized spacial score (nSPS) is 12.0. The van der Waals surface area contributed by atoms with Crippen molar-refractivity contribution < 1.29 is 14.6 Å². The number of carbonyl (C=O) groups is 1. The van der Waals surface area contributed by atoms with Gasteiger partial charge in [-0.1, -0.05) is 19.9 Å². The fraction of sp³-hybridized carbons (Fsp3) is 0.368. The molecule has 1 heterocycles. The fourth-order valence-electron chi connectivity index (χ4n) is 2.34. The highest BCUT2D eigenvalue weighted by molar-refractivity contribution is 5.96. The van der Waals surface area contributed by atoms with Crippen LogP contribution in [0.3, 0.4) is 0 Å². The number of aliphatic hydroxyl groups is 1. The first-order chi connectivity index (χ1) is 11.5. The van der Waals surface area contributed by atoms with Crippen molar-refractivity contribution in [2.24, 2.45) is 5.92 Å². The van der Waals surface area contributed by atoms with E-state index in [9.17, 15) is 9.90 Å². The number of nitrogens with zero attached hydrogens (tertiary/aromatic N) is 1. The summed E-state index contributed by atoms with van der Waals surface area (Å²) in [7, 11) is 1.59. The number of rotatable bonds is 7. The summed E-state index contributed by atoms with van der Waals surface area (Å²) >= 11 is 0. The number of benzene rings is 1. The highest BCUT2D eigenvalue weighted by Crippen LogP contribution is 2.29. The SMILES string of the molecule is COc1ccc(C(=O)NCCC(O)C(C)C)cc1-c1ccccn1. The zero-order chi connectivity index (χ0) is 17.5. The van der Waals surface area contributed by atoms with Crippen molar-refractivity contribution in [3.63, 3.8) is 0 Å². The van der Waals surface area contributed by atoms with Crippen molar-refractivity contribution in [2.75, 3.05) is 13.7 Å².